The first kappa shape index (κ1) is 24.8. The molecule has 1 aliphatic heterocycles. The maximum Gasteiger partial charge on any atom is 0.279 e. The Bertz CT molecular complexity index is 1350. The fourth-order valence-electron chi connectivity index (χ4n) is 4.10. The number of nitrogens with zero attached hydrogens (tertiary/aromatic N) is 3. The highest BCUT2D eigenvalue weighted by atomic mass is 32.2. The lowest BCUT2D eigenvalue weighted by molar-refractivity contribution is 0.0996. The Kier molecular flexibility index (Phi) is 7.67. The van der Waals surface area contributed by atoms with Crippen molar-refractivity contribution in [2.24, 2.45) is 4.99 Å². The Hall–Kier alpha value is -2.33. The summed E-state index contributed by atoms with van der Waals surface area (Å²) in [5.74, 6) is -0.396. The molecule has 2 aromatic carbocycles. The fraction of sp³-hybridized carbons (Fsp3) is 0.440. The number of sulfonamides is 1. The Balaban J connectivity index is 1.65. The fourth-order valence-corrected chi connectivity index (χ4v) is 6.75. The minimum Gasteiger partial charge on any atom is -0.380 e. The van der Waals surface area contributed by atoms with Crippen molar-refractivity contribution < 1.29 is 17.9 Å². The first-order valence-corrected chi connectivity index (χ1v) is 13.9. The third-order valence-electron chi connectivity index (χ3n) is 6.21. The Morgan fingerprint density at radius 2 is 1.74 bits per heavy atom. The number of fused-ring (bicyclic) bond motifs is 1. The Labute approximate surface area is 204 Å². The monoisotopic (exact) mass is 501 g/mol. The minimum absolute atomic E-state index is 0.213. The van der Waals surface area contributed by atoms with E-state index in [0.717, 1.165) is 29.5 Å². The van der Waals surface area contributed by atoms with Gasteiger partial charge >= 0.3 is 0 Å². The molecule has 1 saturated heterocycles. The summed E-state index contributed by atoms with van der Waals surface area (Å²) in [5.41, 5.74) is 3.76. The number of hydrogen-bond acceptors (Lipinski definition) is 5. The van der Waals surface area contributed by atoms with Crippen LogP contribution in [0.5, 0.6) is 0 Å². The van der Waals surface area contributed by atoms with Crippen molar-refractivity contribution in [1.82, 2.24) is 8.87 Å². The van der Waals surface area contributed by atoms with Crippen LogP contribution >= 0.6 is 11.3 Å². The van der Waals surface area contributed by atoms with Crippen molar-refractivity contribution >= 4 is 37.5 Å². The lowest BCUT2D eigenvalue weighted by Crippen LogP contribution is -2.35. The second kappa shape index (κ2) is 10.5. The number of aryl methyl sites for hydroxylation is 2. The third-order valence-corrected chi connectivity index (χ3v) is 9.17. The smallest absolute Gasteiger partial charge is 0.279 e. The van der Waals surface area contributed by atoms with E-state index in [2.05, 4.69) is 31.0 Å². The molecule has 0 atom stereocenters. The standard InChI is InChI=1S/C25H31N3O4S2/c1-4-32-15-14-28-22-16-18(2)19(3)17-23(22)33-25(28)26-24(29)20-8-10-21(11-9-20)34(30,31)27-12-6-5-7-13-27/h8-11,16-17H,4-7,12-15H2,1-3H3. The Morgan fingerprint density at radius 3 is 2.41 bits per heavy atom. The number of piperidine rings is 1. The second-order valence-corrected chi connectivity index (χ2v) is 11.5. The van der Waals surface area contributed by atoms with Gasteiger partial charge in [0.2, 0.25) is 10.0 Å². The number of thiazole rings is 1. The molecule has 7 nitrogen and oxygen atoms in total. The summed E-state index contributed by atoms with van der Waals surface area (Å²) in [6.07, 6.45) is 2.82. The number of ether oxygens (including phenoxy) is 1. The second-order valence-electron chi connectivity index (χ2n) is 8.54. The van der Waals surface area contributed by atoms with Crippen LogP contribution in [0.4, 0.5) is 0 Å². The summed E-state index contributed by atoms with van der Waals surface area (Å²) in [4.78, 5) is 18.2. The van der Waals surface area contributed by atoms with Crippen LogP contribution < -0.4 is 4.80 Å². The first-order chi connectivity index (χ1) is 16.3. The molecular formula is C25H31N3O4S2. The van der Waals surface area contributed by atoms with Crippen LogP contribution in [0.3, 0.4) is 0 Å². The molecule has 4 rings (SSSR count). The number of hydrogen-bond donors (Lipinski definition) is 0. The summed E-state index contributed by atoms with van der Waals surface area (Å²) in [6.45, 7) is 8.93. The molecule has 34 heavy (non-hydrogen) atoms. The van der Waals surface area contributed by atoms with Crippen LogP contribution in [0, 0.1) is 13.8 Å². The predicted octanol–water partition coefficient (Wildman–Crippen LogP) is 4.27. The highest BCUT2D eigenvalue weighted by Crippen LogP contribution is 2.23. The van der Waals surface area contributed by atoms with E-state index in [4.69, 9.17) is 4.74 Å². The van der Waals surface area contributed by atoms with Crippen molar-refractivity contribution in [2.75, 3.05) is 26.3 Å². The van der Waals surface area contributed by atoms with Gasteiger partial charge in [0.25, 0.3) is 5.91 Å². The Morgan fingerprint density at radius 1 is 1.06 bits per heavy atom. The zero-order valence-electron chi connectivity index (χ0n) is 19.9. The quantitative estimate of drug-likeness (QED) is 0.453. The van der Waals surface area contributed by atoms with Gasteiger partial charge < -0.3 is 9.30 Å². The molecule has 0 unspecified atom stereocenters. The van der Waals surface area contributed by atoms with Gasteiger partial charge in [0.1, 0.15) is 0 Å². The van der Waals surface area contributed by atoms with Crippen LogP contribution in [0.25, 0.3) is 10.2 Å². The van der Waals surface area contributed by atoms with Gasteiger partial charge in [-0.3, -0.25) is 4.79 Å². The van der Waals surface area contributed by atoms with Gasteiger partial charge in [-0.1, -0.05) is 17.8 Å². The predicted molar refractivity (Wildman–Crippen MR) is 135 cm³/mol. The normalized spacial score (nSPS) is 15.8. The minimum atomic E-state index is -3.53. The molecule has 3 aromatic rings. The maximum absolute atomic E-state index is 13.0. The first-order valence-electron chi connectivity index (χ1n) is 11.7. The van der Waals surface area contributed by atoms with Crippen molar-refractivity contribution in [2.45, 2.75) is 51.5 Å². The summed E-state index contributed by atoms with van der Waals surface area (Å²) >= 11 is 1.47. The zero-order valence-corrected chi connectivity index (χ0v) is 21.5. The molecule has 9 heteroatoms. The van der Waals surface area contributed by atoms with Gasteiger partial charge in [-0.2, -0.15) is 9.30 Å². The zero-order chi connectivity index (χ0) is 24.3. The summed E-state index contributed by atoms with van der Waals surface area (Å²) < 4.78 is 35.9. The summed E-state index contributed by atoms with van der Waals surface area (Å²) in [5, 5.41) is 0. The average Bonchev–Trinajstić information content (AvgIpc) is 3.15. The number of amides is 1. The molecule has 1 aliphatic rings. The molecule has 1 fully saturated rings. The number of carbonyl (C=O) groups excluding carboxylic acids is 1. The van der Waals surface area contributed by atoms with E-state index in [1.165, 1.54) is 38.9 Å². The van der Waals surface area contributed by atoms with E-state index in [0.29, 0.717) is 43.2 Å². The molecular weight excluding hydrogens is 470 g/mol. The van der Waals surface area contributed by atoms with Crippen molar-refractivity contribution in [3.8, 4) is 0 Å². The average molecular weight is 502 g/mol. The summed E-state index contributed by atoms with van der Waals surface area (Å²) in [7, 11) is -3.53. The van der Waals surface area contributed by atoms with E-state index < -0.39 is 15.9 Å². The van der Waals surface area contributed by atoms with Gasteiger partial charge in [-0.05, 0) is 81.1 Å². The van der Waals surface area contributed by atoms with E-state index in [-0.39, 0.29) is 4.90 Å². The van der Waals surface area contributed by atoms with Crippen LogP contribution in [-0.2, 0) is 21.3 Å². The van der Waals surface area contributed by atoms with Crippen molar-refractivity contribution in [1.29, 1.82) is 0 Å². The molecule has 0 aliphatic carbocycles. The van der Waals surface area contributed by atoms with E-state index in [1.54, 1.807) is 12.1 Å². The van der Waals surface area contributed by atoms with Crippen LogP contribution in [0.15, 0.2) is 46.3 Å². The van der Waals surface area contributed by atoms with Crippen molar-refractivity contribution in [3.63, 3.8) is 0 Å². The molecule has 182 valence electrons. The molecule has 0 bridgehead atoms. The number of aromatic nitrogens is 1. The van der Waals surface area contributed by atoms with Gasteiger partial charge in [0.05, 0.1) is 21.7 Å². The van der Waals surface area contributed by atoms with E-state index in [1.807, 2.05) is 11.5 Å². The third kappa shape index (κ3) is 5.17. The number of carbonyl (C=O) groups is 1. The molecule has 0 radical (unpaired) electrons. The topological polar surface area (TPSA) is 81.0 Å². The SMILES string of the molecule is CCOCCn1c(=NC(=O)c2ccc(S(=O)(=O)N3CCCCC3)cc2)sc2cc(C)c(C)cc21. The molecule has 0 spiro atoms. The lowest BCUT2D eigenvalue weighted by Gasteiger charge is -2.25. The highest BCUT2D eigenvalue weighted by Gasteiger charge is 2.26. The van der Waals surface area contributed by atoms with Gasteiger partial charge in [-0.15, -0.1) is 0 Å². The molecule has 1 amide bonds. The number of rotatable bonds is 7. The van der Waals surface area contributed by atoms with Crippen LogP contribution in [0.2, 0.25) is 0 Å². The van der Waals surface area contributed by atoms with Crippen LogP contribution in [0.1, 0.15) is 47.7 Å². The highest BCUT2D eigenvalue weighted by molar-refractivity contribution is 7.89. The van der Waals surface area contributed by atoms with E-state index in [9.17, 15) is 13.2 Å². The van der Waals surface area contributed by atoms with Crippen LogP contribution in [-0.4, -0.2) is 49.5 Å². The lowest BCUT2D eigenvalue weighted by atomic mass is 10.1. The molecule has 2 heterocycles. The van der Waals surface area contributed by atoms with Gasteiger partial charge in [-0.25, -0.2) is 8.42 Å². The number of benzene rings is 2. The molecule has 0 N–H and O–H groups in total. The summed E-state index contributed by atoms with van der Waals surface area (Å²) in [6, 6.07) is 10.4. The van der Waals surface area contributed by atoms with Crippen molar-refractivity contribution in [3.05, 3.63) is 57.9 Å². The largest absolute Gasteiger partial charge is 0.380 e. The molecule has 0 saturated carbocycles. The van der Waals surface area contributed by atoms with Gasteiger partial charge in [0, 0.05) is 31.8 Å². The maximum atomic E-state index is 13.0. The van der Waals surface area contributed by atoms with Gasteiger partial charge in [0.15, 0.2) is 4.80 Å². The van der Waals surface area contributed by atoms with E-state index >= 15 is 0 Å². The molecule has 1 aromatic heterocycles.